The number of nitro groups is 1. The molecule has 1 unspecified atom stereocenters. The second-order valence-electron chi connectivity index (χ2n) is 3.96. The molecule has 0 radical (unpaired) electrons. The molecule has 1 heterocycles. The first-order chi connectivity index (χ1) is 8.58. The molecule has 1 aliphatic heterocycles. The number of carbonyl (C=O) groups is 1. The summed E-state index contributed by atoms with van der Waals surface area (Å²) in [6.45, 7) is 1.06. The molecule has 7 heteroatoms. The van der Waals surface area contributed by atoms with Crippen LogP contribution in [0.4, 0.5) is 5.69 Å². The van der Waals surface area contributed by atoms with Gasteiger partial charge in [0.05, 0.1) is 28.2 Å². The zero-order valence-corrected chi connectivity index (χ0v) is 10.1. The van der Waals surface area contributed by atoms with Crippen molar-refractivity contribution in [3.05, 3.63) is 38.9 Å². The first-order valence-corrected chi connectivity index (χ1v) is 5.78. The lowest BCUT2D eigenvalue weighted by atomic mass is 10.1. The predicted octanol–water partition coefficient (Wildman–Crippen LogP) is 1.77. The summed E-state index contributed by atoms with van der Waals surface area (Å²) in [6, 6.07) is 3.72. The van der Waals surface area contributed by atoms with Crippen LogP contribution >= 0.6 is 11.6 Å². The Balaban J connectivity index is 2.17. The largest absolute Gasteiger partial charge is 0.379 e. The fourth-order valence-corrected chi connectivity index (χ4v) is 1.92. The average Bonchev–Trinajstić information content (AvgIpc) is 2.81. The molecule has 1 aliphatic rings. The van der Waals surface area contributed by atoms with Crippen LogP contribution in [-0.4, -0.2) is 30.1 Å². The second-order valence-corrected chi connectivity index (χ2v) is 4.36. The molecule has 96 valence electrons. The third-order valence-corrected chi connectivity index (χ3v) is 3.00. The van der Waals surface area contributed by atoms with Crippen molar-refractivity contribution in [1.82, 2.24) is 5.32 Å². The summed E-state index contributed by atoms with van der Waals surface area (Å²) in [5.41, 5.74) is -0.0509. The van der Waals surface area contributed by atoms with E-state index in [2.05, 4.69) is 5.32 Å². The second kappa shape index (κ2) is 5.32. The summed E-state index contributed by atoms with van der Waals surface area (Å²) in [5.74, 6) is -0.417. The van der Waals surface area contributed by atoms with Gasteiger partial charge in [0.15, 0.2) is 0 Å². The Bertz CT molecular complexity index is 486. The molecule has 18 heavy (non-hydrogen) atoms. The molecule has 0 aliphatic carbocycles. The maximum absolute atomic E-state index is 11.9. The summed E-state index contributed by atoms with van der Waals surface area (Å²) in [4.78, 5) is 22.0. The molecule has 1 fully saturated rings. The Morgan fingerprint density at radius 2 is 2.33 bits per heavy atom. The Morgan fingerprint density at radius 3 is 2.94 bits per heavy atom. The van der Waals surface area contributed by atoms with Gasteiger partial charge in [0.25, 0.3) is 11.6 Å². The van der Waals surface area contributed by atoms with Crippen LogP contribution in [-0.2, 0) is 4.74 Å². The Hall–Kier alpha value is -1.66. The van der Waals surface area contributed by atoms with E-state index in [1.165, 1.54) is 18.2 Å². The van der Waals surface area contributed by atoms with Crippen LogP contribution in [0.2, 0.25) is 5.02 Å². The van der Waals surface area contributed by atoms with Crippen molar-refractivity contribution in [1.29, 1.82) is 0 Å². The van der Waals surface area contributed by atoms with Crippen LogP contribution < -0.4 is 5.32 Å². The fraction of sp³-hybridized carbons (Fsp3) is 0.364. The Kier molecular flexibility index (Phi) is 3.78. The first kappa shape index (κ1) is 12.8. The molecule has 1 aromatic carbocycles. The maximum atomic E-state index is 11.9. The minimum absolute atomic E-state index is 0.0622. The molecular formula is C11H11ClN2O4. The Labute approximate surface area is 108 Å². The van der Waals surface area contributed by atoms with E-state index < -0.39 is 10.8 Å². The van der Waals surface area contributed by atoms with Crippen molar-refractivity contribution in [2.24, 2.45) is 0 Å². The highest BCUT2D eigenvalue weighted by atomic mass is 35.5. The lowest BCUT2D eigenvalue weighted by Gasteiger charge is -2.11. The van der Waals surface area contributed by atoms with Crippen molar-refractivity contribution >= 4 is 23.2 Å². The molecule has 1 aromatic rings. The molecule has 1 saturated heterocycles. The predicted molar refractivity (Wildman–Crippen MR) is 64.8 cm³/mol. The molecule has 1 amide bonds. The van der Waals surface area contributed by atoms with Crippen molar-refractivity contribution in [2.75, 3.05) is 13.2 Å². The number of benzene rings is 1. The molecule has 1 N–H and O–H groups in total. The molecule has 6 nitrogen and oxygen atoms in total. The van der Waals surface area contributed by atoms with Gasteiger partial charge in [-0.2, -0.15) is 0 Å². The summed E-state index contributed by atoms with van der Waals surface area (Å²) in [5, 5.41) is 13.6. The van der Waals surface area contributed by atoms with E-state index in [4.69, 9.17) is 16.3 Å². The highest BCUT2D eigenvalue weighted by molar-refractivity contribution is 6.33. The van der Waals surface area contributed by atoms with E-state index in [1.54, 1.807) is 0 Å². The van der Waals surface area contributed by atoms with Gasteiger partial charge in [-0.1, -0.05) is 11.6 Å². The topological polar surface area (TPSA) is 81.5 Å². The number of halogens is 1. The van der Waals surface area contributed by atoms with Crippen LogP contribution in [0.5, 0.6) is 0 Å². The molecule has 0 aromatic heterocycles. The summed E-state index contributed by atoms with van der Waals surface area (Å²) in [7, 11) is 0. The number of amides is 1. The quantitative estimate of drug-likeness (QED) is 0.670. The van der Waals surface area contributed by atoms with Gasteiger partial charge in [0, 0.05) is 18.7 Å². The van der Waals surface area contributed by atoms with Crippen LogP contribution in [0.25, 0.3) is 0 Å². The standard InChI is InChI=1S/C11H11ClN2O4/c12-10-2-1-8(14(16)17)5-9(10)11(15)13-7-3-4-18-6-7/h1-2,5,7H,3-4,6H2,(H,13,15). The monoisotopic (exact) mass is 270 g/mol. The highest BCUT2D eigenvalue weighted by Gasteiger charge is 2.21. The van der Waals surface area contributed by atoms with E-state index in [1.807, 2.05) is 0 Å². The van der Waals surface area contributed by atoms with Gasteiger partial charge in [0.1, 0.15) is 0 Å². The van der Waals surface area contributed by atoms with E-state index in [0.717, 1.165) is 6.42 Å². The van der Waals surface area contributed by atoms with Crippen molar-refractivity contribution in [2.45, 2.75) is 12.5 Å². The lowest BCUT2D eigenvalue weighted by Crippen LogP contribution is -2.35. The maximum Gasteiger partial charge on any atom is 0.270 e. The number of hydrogen-bond donors (Lipinski definition) is 1. The third-order valence-electron chi connectivity index (χ3n) is 2.67. The molecule has 0 bridgehead atoms. The third kappa shape index (κ3) is 2.77. The highest BCUT2D eigenvalue weighted by Crippen LogP contribution is 2.22. The van der Waals surface area contributed by atoms with E-state index >= 15 is 0 Å². The normalized spacial score (nSPS) is 18.6. The van der Waals surface area contributed by atoms with Crippen LogP contribution in [0.3, 0.4) is 0 Å². The minimum Gasteiger partial charge on any atom is -0.379 e. The number of rotatable bonds is 3. The van der Waals surface area contributed by atoms with Gasteiger partial charge in [-0.15, -0.1) is 0 Å². The van der Waals surface area contributed by atoms with E-state index in [9.17, 15) is 14.9 Å². The number of nitrogens with zero attached hydrogens (tertiary/aromatic N) is 1. The SMILES string of the molecule is O=C(NC1CCOC1)c1cc([N+](=O)[O-])ccc1Cl. The van der Waals surface area contributed by atoms with Crippen molar-refractivity contribution < 1.29 is 14.5 Å². The Morgan fingerprint density at radius 1 is 1.56 bits per heavy atom. The number of hydrogen-bond acceptors (Lipinski definition) is 4. The number of carbonyl (C=O) groups excluding carboxylic acids is 1. The average molecular weight is 271 g/mol. The van der Waals surface area contributed by atoms with Gasteiger partial charge < -0.3 is 10.1 Å². The fourth-order valence-electron chi connectivity index (χ4n) is 1.71. The van der Waals surface area contributed by atoms with Crippen LogP contribution in [0.1, 0.15) is 16.8 Å². The minimum atomic E-state index is -0.564. The van der Waals surface area contributed by atoms with E-state index in [-0.39, 0.29) is 22.3 Å². The summed E-state index contributed by atoms with van der Waals surface area (Å²) >= 11 is 5.87. The van der Waals surface area contributed by atoms with Crippen LogP contribution in [0.15, 0.2) is 18.2 Å². The molecule has 2 rings (SSSR count). The zero-order chi connectivity index (χ0) is 13.1. The number of nitro benzene ring substituents is 1. The van der Waals surface area contributed by atoms with Gasteiger partial charge in [-0.25, -0.2) is 0 Å². The van der Waals surface area contributed by atoms with Crippen molar-refractivity contribution in [3.8, 4) is 0 Å². The van der Waals surface area contributed by atoms with Gasteiger partial charge >= 0.3 is 0 Å². The molecular weight excluding hydrogens is 260 g/mol. The number of non-ortho nitro benzene ring substituents is 1. The number of ether oxygens (including phenoxy) is 1. The van der Waals surface area contributed by atoms with Gasteiger partial charge in [-0.05, 0) is 12.5 Å². The lowest BCUT2D eigenvalue weighted by molar-refractivity contribution is -0.384. The zero-order valence-electron chi connectivity index (χ0n) is 9.39. The van der Waals surface area contributed by atoms with Gasteiger partial charge in [-0.3, -0.25) is 14.9 Å². The van der Waals surface area contributed by atoms with Crippen LogP contribution in [0, 0.1) is 10.1 Å². The summed E-state index contributed by atoms with van der Waals surface area (Å²) in [6.07, 6.45) is 0.734. The van der Waals surface area contributed by atoms with E-state index in [0.29, 0.717) is 13.2 Å². The van der Waals surface area contributed by atoms with Crippen molar-refractivity contribution in [3.63, 3.8) is 0 Å². The molecule has 0 spiro atoms. The molecule has 1 atom stereocenters. The smallest absolute Gasteiger partial charge is 0.270 e. The molecule has 0 saturated carbocycles. The first-order valence-electron chi connectivity index (χ1n) is 5.40. The number of nitrogens with one attached hydrogen (secondary N) is 1. The summed E-state index contributed by atoms with van der Waals surface area (Å²) < 4.78 is 5.13. The van der Waals surface area contributed by atoms with Gasteiger partial charge in [0.2, 0.25) is 0 Å².